The van der Waals surface area contributed by atoms with Crippen molar-refractivity contribution in [2.45, 2.75) is 19.8 Å². The van der Waals surface area contributed by atoms with Crippen LogP contribution in [-0.4, -0.2) is 14.7 Å². The monoisotopic (exact) mass is 307 g/mol. The standard InChI is InChI=1S/C16H18FNO2S/c1-11(2)15-9-6-13(17)10-16(15)12-4-7-14(8-5-12)18-21(3,19)20/h4-11,18H,1-3H3. The molecule has 1 N–H and O–H groups in total. The lowest BCUT2D eigenvalue weighted by Crippen LogP contribution is -2.09. The van der Waals surface area contributed by atoms with Crippen LogP contribution in [0.1, 0.15) is 25.3 Å². The smallest absolute Gasteiger partial charge is 0.229 e. The molecular formula is C16H18FNO2S. The van der Waals surface area contributed by atoms with Crippen molar-refractivity contribution in [3.63, 3.8) is 0 Å². The molecule has 0 aliphatic rings. The first-order valence-corrected chi connectivity index (χ1v) is 8.53. The van der Waals surface area contributed by atoms with Gasteiger partial charge in [-0.15, -0.1) is 0 Å². The summed E-state index contributed by atoms with van der Waals surface area (Å²) >= 11 is 0. The minimum atomic E-state index is -3.29. The highest BCUT2D eigenvalue weighted by molar-refractivity contribution is 7.92. The minimum absolute atomic E-state index is 0.273. The zero-order valence-corrected chi connectivity index (χ0v) is 13.0. The lowest BCUT2D eigenvalue weighted by Gasteiger charge is -2.13. The van der Waals surface area contributed by atoms with Gasteiger partial charge in [0.15, 0.2) is 0 Å². The van der Waals surface area contributed by atoms with E-state index >= 15 is 0 Å². The van der Waals surface area contributed by atoms with E-state index in [0.29, 0.717) is 5.69 Å². The maximum Gasteiger partial charge on any atom is 0.229 e. The van der Waals surface area contributed by atoms with Crippen molar-refractivity contribution < 1.29 is 12.8 Å². The lowest BCUT2D eigenvalue weighted by atomic mass is 9.92. The minimum Gasteiger partial charge on any atom is -0.284 e. The first-order chi connectivity index (χ1) is 9.76. The Morgan fingerprint density at radius 2 is 1.67 bits per heavy atom. The number of hydrogen-bond acceptors (Lipinski definition) is 2. The third-order valence-corrected chi connectivity index (χ3v) is 3.74. The molecule has 0 bridgehead atoms. The Labute approximate surface area is 124 Å². The van der Waals surface area contributed by atoms with Gasteiger partial charge in [0.2, 0.25) is 10.0 Å². The summed E-state index contributed by atoms with van der Waals surface area (Å²) in [4.78, 5) is 0. The van der Waals surface area contributed by atoms with E-state index in [0.717, 1.165) is 22.9 Å². The Morgan fingerprint density at radius 3 is 2.19 bits per heavy atom. The molecule has 0 atom stereocenters. The summed E-state index contributed by atoms with van der Waals surface area (Å²) in [6.07, 6.45) is 1.10. The summed E-state index contributed by atoms with van der Waals surface area (Å²) in [5.74, 6) is -0.0119. The Hall–Kier alpha value is -1.88. The van der Waals surface area contributed by atoms with Gasteiger partial charge in [0.1, 0.15) is 5.82 Å². The van der Waals surface area contributed by atoms with Crippen LogP contribution in [0, 0.1) is 5.82 Å². The van der Waals surface area contributed by atoms with Crippen LogP contribution in [0.4, 0.5) is 10.1 Å². The zero-order chi connectivity index (χ0) is 15.6. The van der Waals surface area contributed by atoms with E-state index < -0.39 is 10.0 Å². The van der Waals surface area contributed by atoms with Gasteiger partial charge in [-0.05, 0) is 46.9 Å². The molecule has 0 aromatic heterocycles. The van der Waals surface area contributed by atoms with Crippen LogP contribution in [0.2, 0.25) is 0 Å². The predicted octanol–water partition coefficient (Wildman–Crippen LogP) is 3.99. The molecule has 0 spiro atoms. The second kappa shape index (κ2) is 5.85. The first-order valence-electron chi connectivity index (χ1n) is 6.64. The molecule has 21 heavy (non-hydrogen) atoms. The number of nitrogens with one attached hydrogen (secondary N) is 1. The lowest BCUT2D eigenvalue weighted by molar-refractivity contribution is 0.607. The zero-order valence-electron chi connectivity index (χ0n) is 12.2. The maximum atomic E-state index is 13.5. The van der Waals surface area contributed by atoms with Gasteiger partial charge >= 0.3 is 0 Å². The Morgan fingerprint density at radius 1 is 1.05 bits per heavy atom. The normalized spacial score (nSPS) is 11.7. The summed E-state index contributed by atoms with van der Waals surface area (Å²) in [6, 6.07) is 11.7. The van der Waals surface area contributed by atoms with Gasteiger partial charge in [-0.25, -0.2) is 12.8 Å². The van der Waals surface area contributed by atoms with Gasteiger partial charge in [0.25, 0.3) is 0 Å². The quantitative estimate of drug-likeness (QED) is 0.928. The van der Waals surface area contributed by atoms with Crippen LogP contribution < -0.4 is 4.72 Å². The number of rotatable bonds is 4. The van der Waals surface area contributed by atoms with Crippen molar-refractivity contribution in [3.05, 3.63) is 53.8 Å². The molecule has 0 saturated carbocycles. The number of hydrogen-bond donors (Lipinski definition) is 1. The van der Waals surface area contributed by atoms with Gasteiger partial charge in [0.05, 0.1) is 6.26 Å². The van der Waals surface area contributed by atoms with Crippen molar-refractivity contribution in [1.29, 1.82) is 0 Å². The van der Waals surface area contributed by atoms with Crippen LogP contribution in [0.3, 0.4) is 0 Å². The van der Waals surface area contributed by atoms with E-state index in [1.165, 1.54) is 12.1 Å². The molecule has 0 radical (unpaired) electrons. The highest BCUT2D eigenvalue weighted by atomic mass is 32.2. The molecule has 0 heterocycles. The molecule has 0 aliphatic carbocycles. The van der Waals surface area contributed by atoms with Crippen molar-refractivity contribution in [2.24, 2.45) is 0 Å². The Kier molecular flexibility index (Phi) is 4.32. The maximum absolute atomic E-state index is 13.5. The van der Waals surface area contributed by atoms with E-state index in [-0.39, 0.29) is 11.7 Å². The molecular weight excluding hydrogens is 289 g/mol. The Bertz CT molecular complexity index is 737. The predicted molar refractivity (Wildman–Crippen MR) is 84.4 cm³/mol. The molecule has 2 aromatic carbocycles. The molecule has 112 valence electrons. The van der Waals surface area contributed by atoms with Gasteiger partial charge in [-0.1, -0.05) is 32.0 Å². The topological polar surface area (TPSA) is 46.2 Å². The van der Waals surface area contributed by atoms with E-state index in [1.54, 1.807) is 30.3 Å². The Balaban J connectivity index is 2.41. The molecule has 0 unspecified atom stereocenters. The largest absolute Gasteiger partial charge is 0.284 e. The fraction of sp³-hybridized carbons (Fsp3) is 0.250. The van der Waals surface area contributed by atoms with Gasteiger partial charge in [0, 0.05) is 5.69 Å². The van der Waals surface area contributed by atoms with Crippen molar-refractivity contribution in [3.8, 4) is 11.1 Å². The van der Waals surface area contributed by atoms with Gasteiger partial charge in [-0.2, -0.15) is 0 Å². The number of benzene rings is 2. The van der Waals surface area contributed by atoms with Crippen LogP contribution in [0.25, 0.3) is 11.1 Å². The second-order valence-electron chi connectivity index (χ2n) is 5.34. The van der Waals surface area contributed by atoms with Crippen molar-refractivity contribution in [2.75, 3.05) is 11.0 Å². The summed E-state index contributed by atoms with van der Waals surface area (Å²) in [6.45, 7) is 4.10. The van der Waals surface area contributed by atoms with E-state index in [2.05, 4.69) is 18.6 Å². The number of anilines is 1. The number of halogens is 1. The fourth-order valence-corrected chi connectivity index (χ4v) is 2.78. The number of sulfonamides is 1. The first kappa shape index (κ1) is 15.5. The van der Waals surface area contributed by atoms with E-state index in [4.69, 9.17) is 0 Å². The van der Waals surface area contributed by atoms with Crippen molar-refractivity contribution >= 4 is 15.7 Å². The fourth-order valence-electron chi connectivity index (χ4n) is 2.21. The average Bonchev–Trinajstić information content (AvgIpc) is 2.37. The third kappa shape index (κ3) is 4.04. The summed E-state index contributed by atoms with van der Waals surface area (Å²) < 4.78 is 38.3. The van der Waals surface area contributed by atoms with Crippen LogP contribution in [-0.2, 0) is 10.0 Å². The third-order valence-electron chi connectivity index (χ3n) is 3.14. The molecule has 2 aromatic rings. The van der Waals surface area contributed by atoms with Gasteiger partial charge in [-0.3, -0.25) is 4.72 Å². The van der Waals surface area contributed by atoms with Crippen LogP contribution >= 0.6 is 0 Å². The molecule has 0 aliphatic heterocycles. The van der Waals surface area contributed by atoms with Crippen LogP contribution in [0.15, 0.2) is 42.5 Å². The van der Waals surface area contributed by atoms with E-state index in [1.807, 2.05) is 0 Å². The summed E-state index contributed by atoms with van der Waals surface area (Å²) in [7, 11) is -3.29. The summed E-state index contributed by atoms with van der Waals surface area (Å²) in [5.41, 5.74) is 3.23. The van der Waals surface area contributed by atoms with Crippen LogP contribution in [0.5, 0.6) is 0 Å². The molecule has 0 amide bonds. The molecule has 0 saturated heterocycles. The average molecular weight is 307 g/mol. The highest BCUT2D eigenvalue weighted by Gasteiger charge is 2.10. The molecule has 5 heteroatoms. The SMILES string of the molecule is CC(C)c1ccc(F)cc1-c1ccc(NS(C)(=O)=O)cc1. The highest BCUT2D eigenvalue weighted by Crippen LogP contribution is 2.30. The van der Waals surface area contributed by atoms with Crippen molar-refractivity contribution in [1.82, 2.24) is 0 Å². The molecule has 3 nitrogen and oxygen atoms in total. The van der Waals surface area contributed by atoms with E-state index in [9.17, 15) is 12.8 Å². The summed E-state index contributed by atoms with van der Waals surface area (Å²) in [5, 5.41) is 0. The van der Waals surface area contributed by atoms with Gasteiger partial charge < -0.3 is 0 Å². The molecule has 2 rings (SSSR count). The second-order valence-corrected chi connectivity index (χ2v) is 7.09. The molecule has 0 fully saturated rings.